The molecule has 1 N–H and O–H groups in total. The Kier molecular flexibility index (Phi) is 4.42. The molecule has 0 aliphatic carbocycles. The molecule has 4 nitrogen and oxygen atoms in total. The predicted octanol–water partition coefficient (Wildman–Crippen LogP) is 5.49. The van der Waals surface area contributed by atoms with Gasteiger partial charge < -0.3 is 5.32 Å². The van der Waals surface area contributed by atoms with Crippen LogP contribution in [0.2, 0.25) is 0 Å². The summed E-state index contributed by atoms with van der Waals surface area (Å²) in [4.78, 5) is 4.50. The zero-order chi connectivity index (χ0) is 18.8. The normalized spacial score (nSPS) is 11.7. The molecule has 0 fully saturated rings. The molecule has 0 spiro atoms. The monoisotopic (exact) mass is 360 g/mol. The second kappa shape index (κ2) is 7.03. The molecule has 5 heteroatoms. The largest absolute Gasteiger partial charge is 0.340 e. The maximum Gasteiger partial charge on any atom is 0.130 e. The second-order valence-electron chi connectivity index (χ2n) is 6.37. The number of nitrogens with one attached hydrogen (secondary N) is 1. The molecule has 0 amide bonds. The first-order valence-electron chi connectivity index (χ1n) is 8.70. The smallest absolute Gasteiger partial charge is 0.130 e. The summed E-state index contributed by atoms with van der Waals surface area (Å²) in [6.07, 6.45) is 7.65. The Morgan fingerprint density at radius 2 is 1.85 bits per heavy atom. The fourth-order valence-corrected chi connectivity index (χ4v) is 3.04. The molecule has 0 bridgehead atoms. The minimum Gasteiger partial charge on any atom is -0.340 e. The van der Waals surface area contributed by atoms with Crippen molar-refractivity contribution in [2.45, 2.75) is 6.92 Å². The number of aryl methyl sites for hydroxylation is 1. The number of allylic oxidation sites excluding steroid dienone is 1. The number of nitrogens with zero attached hydrogens (tertiary/aromatic N) is 3. The van der Waals surface area contributed by atoms with Gasteiger partial charge in [0.05, 0.1) is 6.20 Å². The third-order valence-electron chi connectivity index (χ3n) is 4.47. The van der Waals surface area contributed by atoms with E-state index >= 15 is 0 Å². The van der Waals surface area contributed by atoms with Crippen LogP contribution in [0.15, 0.2) is 73.2 Å². The van der Waals surface area contributed by atoms with Crippen LogP contribution in [0.4, 0.5) is 10.2 Å². The van der Waals surface area contributed by atoms with E-state index < -0.39 is 0 Å². The number of hydrogen-bond donors (Lipinski definition) is 1. The van der Waals surface area contributed by atoms with Crippen LogP contribution < -0.4 is 5.32 Å². The molecule has 27 heavy (non-hydrogen) atoms. The average Bonchev–Trinajstić information content (AvgIpc) is 3.12. The van der Waals surface area contributed by atoms with Gasteiger partial charge in [0.1, 0.15) is 11.6 Å². The van der Waals surface area contributed by atoms with E-state index in [0.29, 0.717) is 0 Å². The van der Waals surface area contributed by atoms with E-state index in [-0.39, 0.29) is 7.24 Å². The van der Waals surface area contributed by atoms with Crippen LogP contribution in [0.5, 0.6) is 0 Å². The fraction of sp³-hybridized carbons (Fsp3) is 0.0909. The third kappa shape index (κ3) is 3.58. The minimum absolute atomic E-state index is 0. The molecule has 136 valence electrons. The first kappa shape index (κ1) is 17.0. The van der Waals surface area contributed by atoms with Gasteiger partial charge in [-0.05, 0) is 47.7 Å². The number of pyridine rings is 1. The number of benzene rings is 2. The van der Waals surface area contributed by atoms with Crippen molar-refractivity contribution in [2.75, 3.05) is 5.32 Å². The number of fused-ring (bicyclic) bond motifs is 1. The lowest BCUT2D eigenvalue weighted by molar-refractivity contribution is 0.627. The predicted molar refractivity (Wildman–Crippen MR) is 110 cm³/mol. The van der Waals surface area contributed by atoms with E-state index in [1.54, 1.807) is 16.8 Å². The highest BCUT2D eigenvalue weighted by Crippen LogP contribution is 2.26. The molecule has 0 aliphatic rings. The highest BCUT2D eigenvalue weighted by atomic mass is 19.1. The van der Waals surface area contributed by atoms with Crippen LogP contribution in [-0.4, -0.2) is 14.8 Å². The average molecular weight is 360 g/mol. The molecule has 0 aliphatic heterocycles. The van der Waals surface area contributed by atoms with E-state index in [9.17, 15) is 4.39 Å². The highest BCUT2D eigenvalue weighted by molar-refractivity contribution is 5.89. The Morgan fingerprint density at radius 1 is 1.04 bits per heavy atom. The van der Waals surface area contributed by atoms with Gasteiger partial charge in [-0.1, -0.05) is 30.3 Å². The molecule has 0 atom stereocenters. The maximum absolute atomic E-state index is 13.2. The molecular formula is C22H21FN4. The molecule has 4 aromatic rings. The summed E-state index contributed by atoms with van der Waals surface area (Å²) < 4.78 is 15.0. The zero-order valence-electron chi connectivity index (χ0n) is 15.1. The number of anilines is 1. The topological polar surface area (TPSA) is 42.7 Å². The van der Waals surface area contributed by atoms with E-state index in [1.807, 2.05) is 44.7 Å². The van der Waals surface area contributed by atoms with Crippen molar-refractivity contribution in [3.63, 3.8) is 0 Å². The van der Waals surface area contributed by atoms with Crippen molar-refractivity contribution in [3.8, 4) is 11.1 Å². The summed E-state index contributed by atoms with van der Waals surface area (Å²) in [6, 6.07) is 14.7. The first-order chi connectivity index (χ1) is 13.1. The van der Waals surface area contributed by atoms with Crippen LogP contribution in [0.25, 0.3) is 27.6 Å². The zero-order valence-corrected chi connectivity index (χ0v) is 15.1. The fourth-order valence-electron chi connectivity index (χ4n) is 3.04. The molecule has 0 unspecified atom stereocenters. The highest BCUT2D eigenvalue weighted by Gasteiger charge is 2.06. The molecule has 4 rings (SSSR count). The summed E-state index contributed by atoms with van der Waals surface area (Å²) in [5.41, 5.74) is 3.97. The molecular weight excluding hydrogens is 339 g/mol. The van der Waals surface area contributed by atoms with Gasteiger partial charge in [0.2, 0.25) is 0 Å². The molecule has 2 heterocycles. The lowest BCUT2D eigenvalue weighted by atomic mass is 10.0. The Balaban J connectivity index is 0.00000225. The van der Waals surface area contributed by atoms with Gasteiger partial charge in [-0.3, -0.25) is 4.68 Å². The quantitative estimate of drug-likeness (QED) is 0.523. The number of halogens is 1. The summed E-state index contributed by atoms with van der Waals surface area (Å²) in [7, 11) is 1.91. The van der Waals surface area contributed by atoms with Crippen molar-refractivity contribution >= 4 is 22.3 Å². The Hall–Kier alpha value is -3.47. The lowest BCUT2D eigenvalue weighted by Gasteiger charge is -2.11. The van der Waals surface area contributed by atoms with Crippen LogP contribution in [-0.2, 0) is 7.05 Å². The standard InChI is InChI=1S/C22H19FN4.H2/c1-3-21(15-6-8-20(23)9-7-15)26-22-11-18-10-16(4-5-17(18)12-24-22)19-13-25-27(2)14-19;/h3-14H,1-2H3,(H,24,26);1H/b21-3-;. The number of aromatic nitrogens is 3. The van der Waals surface area contributed by atoms with Crippen molar-refractivity contribution < 1.29 is 5.82 Å². The van der Waals surface area contributed by atoms with Gasteiger partial charge in [-0.2, -0.15) is 5.10 Å². The third-order valence-corrected chi connectivity index (χ3v) is 4.47. The summed E-state index contributed by atoms with van der Waals surface area (Å²) in [6.45, 7) is 1.94. The molecule has 2 aromatic carbocycles. The number of rotatable bonds is 4. The Morgan fingerprint density at radius 3 is 2.56 bits per heavy atom. The van der Waals surface area contributed by atoms with E-state index in [0.717, 1.165) is 39.0 Å². The molecule has 0 saturated carbocycles. The molecule has 0 saturated heterocycles. The van der Waals surface area contributed by atoms with Gasteiger partial charge >= 0.3 is 0 Å². The lowest BCUT2D eigenvalue weighted by Crippen LogP contribution is -2.00. The van der Waals surface area contributed by atoms with Gasteiger partial charge in [-0.25, -0.2) is 9.37 Å². The SMILES string of the molecule is C/C=C(\Nc1cc2cc(-c3cnn(C)c3)ccc2cn1)c1ccc(F)cc1.[HH]. The summed E-state index contributed by atoms with van der Waals surface area (Å²) in [5, 5.41) is 9.72. The molecule has 2 aromatic heterocycles. The van der Waals surface area contributed by atoms with E-state index in [4.69, 9.17) is 0 Å². The van der Waals surface area contributed by atoms with Crippen LogP contribution in [0, 0.1) is 5.82 Å². The van der Waals surface area contributed by atoms with Gasteiger partial charge in [0.15, 0.2) is 0 Å². The molecule has 0 radical (unpaired) electrons. The maximum atomic E-state index is 13.2. The second-order valence-corrected chi connectivity index (χ2v) is 6.37. The Bertz CT molecular complexity index is 1130. The van der Waals surface area contributed by atoms with Gasteiger partial charge in [0.25, 0.3) is 0 Å². The summed E-state index contributed by atoms with van der Waals surface area (Å²) in [5.74, 6) is 0.490. The van der Waals surface area contributed by atoms with Gasteiger partial charge in [0, 0.05) is 37.5 Å². The van der Waals surface area contributed by atoms with Crippen LogP contribution in [0.3, 0.4) is 0 Å². The minimum atomic E-state index is -0.249. The van der Waals surface area contributed by atoms with Crippen molar-refractivity contribution in [2.24, 2.45) is 7.05 Å². The first-order valence-corrected chi connectivity index (χ1v) is 8.70. The van der Waals surface area contributed by atoms with Crippen LogP contribution in [0.1, 0.15) is 13.9 Å². The van der Waals surface area contributed by atoms with Crippen molar-refractivity contribution in [1.82, 2.24) is 14.8 Å². The van der Waals surface area contributed by atoms with Gasteiger partial charge in [-0.15, -0.1) is 0 Å². The number of hydrogen-bond acceptors (Lipinski definition) is 3. The van der Waals surface area contributed by atoms with Crippen molar-refractivity contribution in [1.29, 1.82) is 0 Å². The van der Waals surface area contributed by atoms with Crippen LogP contribution >= 0.6 is 0 Å². The van der Waals surface area contributed by atoms with E-state index in [2.05, 4.69) is 33.6 Å². The Labute approximate surface area is 158 Å². The van der Waals surface area contributed by atoms with E-state index in [1.165, 1.54) is 12.1 Å². The summed E-state index contributed by atoms with van der Waals surface area (Å²) >= 11 is 0. The van der Waals surface area contributed by atoms with Crippen molar-refractivity contribution in [3.05, 3.63) is 84.6 Å².